The first-order valence-electron chi connectivity index (χ1n) is 7.41. The molecule has 0 radical (unpaired) electrons. The van der Waals surface area contributed by atoms with Crippen molar-refractivity contribution in [3.05, 3.63) is 78.4 Å². The van der Waals surface area contributed by atoms with Crippen LogP contribution in [0.5, 0.6) is 0 Å². The summed E-state index contributed by atoms with van der Waals surface area (Å²) < 4.78 is 24.2. The zero-order chi connectivity index (χ0) is 17.6. The van der Waals surface area contributed by atoms with E-state index < -0.39 is 9.84 Å². The second kappa shape index (κ2) is 7.75. The lowest BCUT2D eigenvalue weighted by Gasteiger charge is -2.09. The molecule has 0 saturated carbocycles. The molecule has 24 heavy (non-hydrogen) atoms. The summed E-state index contributed by atoms with van der Waals surface area (Å²) in [6, 6.07) is 14.1. The number of hydrogen-bond donors (Lipinski definition) is 1. The molecule has 0 heterocycles. The van der Waals surface area contributed by atoms with Crippen molar-refractivity contribution in [3.63, 3.8) is 0 Å². The second-order valence-electron chi connectivity index (χ2n) is 5.28. The zero-order valence-corrected chi connectivity index (χ0v) is 14.2. The van der Waals surface area contributed by atoms with E-state index in [-0.39, 0.29) is 16.6 Å². The SMILES string of the molecule is C=CCS(=O)(=O)c1ccc(C)c(NC(=O)/C=C/c2ccccc2)c1. The molecule has 0 saturated heterocycles. The van der Waals surface area contributed by atoms with Crippen LogP contribution in [0.3, 0.4) is 0 Å². The summed E-state index contributed by atoms with van der Waals surface area (Å²) in [6.45, 7) is 5.26. The first-order chi connectivity index (χ1) is 11.4. The molecule has 5 heteroatoms. The lowest BCUT2D eigenvalue weighted by atomic mass is 10.2. The predicted molar refractivity (Wildman–Crippen MR) is 97.5 cm³/mol. The van der Waals surface area contributed by atoms with Gasteiger partial charge in [-0.3, -0.25) is 4.79 Å². The van der Waals surface area contributed by atoms with Crippen molar-refractivity contribution in [1.29, 1.82) is 0 Å². The minimum absolute atomic E-state index is 0.142. The Balaban J connectivity index is 2.18. The quantitative estimate of drug-likeness (QED) is 0.645. The maximum absolute atomic E-state index is 12.1. The van der Waals surface area contributed by atoms with Gasteiger partial charge in [-0.15, -0.1) is 6.58 Å². The van der Waals surface area contributed by atoms with E-state index in [0.29, 0.717) is 5.69 Å². The molecule has 124 valence electrons. The summed E-state index contributed by atoms with van der Waals surface area (Å²) in [5.41, 5.74) is 2.17. The van der Waals surface area contributed by atoms with Crippen LogP contribution in [0, 0.1) is 6.92 Å². The Morgan fingerprint density at radius 1 is 1.17 bits per heavy atom. The molecule has 2 rings (SSSR count). The molecule has 0 bridgehead atoms. The number of sulfone groups is 1. The van der Waals surface area contributed by atoms with Gasteiger partial charge in [-0.25, -0.2) is 8.42 Å². The number of carbonyl (C=O) groups excluding carboxylic acids is 1. The van der Waals surface area contributed by atoms with Crippen molar-refractivity contribution in [3.8, 4) is 0 Å². The van der Waals surface area contributed by atoms with Crippen molar-refractivity contribution in [2.75, 3.05) is 11.1 Å². The largest absolute Gasteiger partial charge is 0.322 e. The van der Waals surface area contributed by atoms with Crippen LogP contribution in [0.15, 0.2) is 72.2 Å². The first kappa shape index (κ1) is 17.7. The fraction of sp³-hybridized carbons (Fsp3) is 0.105. The Hall–Kier alpha value is -2.66. The minimum Gasteiger partial charge on any atom is -0.322 e. The van der Waals surface area contributed by atoms with Crippen LogP contribution >= 0.6 is 0 Å². The van der Waals surface area contributed by atoms with E-state index in [1.54, 1.807) is 19.1 Å². The molecule has 1 N–H and O–H groups in total. The van der Waals surface area contributed by atoms with Crippen LogP contribution in [-0.4, -0.2) is 20.1 Å². The fourth-order valence-corrected chi connectivity index (χ4v) is 3.17. The smallest absolute Gasteiger partial charge is 0.248 e. The van der Waals surface area contributed by atoms with Crippen LogP contribution in [0.4, 0.5) is 5.69 Å². The summed E-state index contributed by atoms with van der Waals surface area (Å²) in [4.78, 5) is 12.2. The van der Waals surface area contributed by atoms with Gasteiger partial charge in [0.25, 0.3) is 0 Å². The third-order valence-corrected chi connectivity index (χ3v) is 5.04. The molecule has 0 aromatic heterocycles. The fourth-order valence-electron chi connectivity index (χ4n) is 2.09. The van der Waals surface area contributed by atoms with Crippen LogP contribution < -0.4 is 5.32 Å². The van der Waals surface area contributed by atoms with Gasteiger partial charge in [0.05, 0.1) is 10.6 Å². The van der Waals surface area contributed by atoms with Gasteiger partial charge in [-0.2, -0.15) is 0 Å². The first-order valence-corrected chi connectivity index (χ1v) is 9.06. The van der Waals surface area contributed by atoms with Crippen molar-refractivity contribution in [2.45, 2.75) is 11.8 Å². The lowest BCUT2D eigenvalue weighted by molar-refractivity contribution is -0.111. The second-order valence-corrected chi connectivity index (χ2v) is 7.31. The highest BCUT2D eigenvalue weighted by Gasteiger charge is 2.14. The molecule has 0 spiro atoms. The van der Waals surface area contributed by atoms with Crippen LogP contribution in [0.2, 0.25) is 0 Å². The van der Waals surface area contributed by atoms with Gasteiger partial charge in [-0.1, -0.05) is 42.5 Å². The van der Waals surface area contributed by atoms with Gasteiger partial charge < -0.3 is 5.32 Å². The molecule has 2 aromatic rings. The Bertz CT molecular complexity index is 869. The number of rotatable bonds is 6. The summed E-state index contributed by atoms with van der Waals surface area (Å²) in [5.74, 6) is -0.461. The molecule has 1 amide bonds. The molecule has 0 atom stereocenters. The average molecular weight is 341 g/mol. The van der Waals surface area contributed by atoms with Crippen molar-refractivity contribution >= 4 is 27.5 Å². The van der Waals surface area contributed by atoms with Gasteiger partial charge in [-0.05, 0) is 36.3 Å². The number of benzene rings is 2. The molecule has 0 unspecified atom stereocenters. The van der Waals surface area contributed by atoms with E-state index in [9.17, 15) is 13.2 Å². The molecule has 0 aliphatic carbocycles. The molecule has 4 nitrogen and oxygen atoms in total. The summed E-state index contributed by atoms with van der Waals surface area (Å²) in [5, 5.41) is 2.72. The van der Waals surface area contributed by atoms with Crippen LogP contribution in [0.25, 0.3) is 6.08 Å². The number of nitrogens with one attached hydrogen (secondary N) is 1. The summed E-state index contributed by atoms with van der Waals surface area (Å²) in [7, 11) is -3.43. The van der Waals surface area contributed by atoms with Crippen molar-refractivity contribution in [2.24, 2.45) is 0 Å². The average Bonchev–Trinajstić information content (AvgIpc) is 2.56. The highest BCUT2D eigenvalue weighted by Crippen LogP contribution is 2.21. The van der Waals surface area contributed by atoms with Crippen molar-refractivity contribution in [1.82, 2.24) is 0 Å². The van der Waals surface area contributed by atoms with Crippen LogP contribution in [-0.2, 0) is 14.6 Å². The van der Waals surface area contributed by atoms with Gasteiger partial charge in [0.15, 0.2) is 9.84 Å². The normalized spacial score (nSPS) is 11.4. The highest BCUT2D eigenvalue weighted by atomic mass is 32.2. The molecule has 0 aliphatic heterocycles. The Labute approximate surface area is 142 Å². The molecular weight excluding hydrogens is 322 g/mol. The summed E-state index contributed by atoms with van der Waals surface area (Å²) >= 11 is 0. The van der Waals surface area contributed by atoms with E-state index in [0.717, 1.165) is 11.1 Å². The number of hydrogen-bond acceptors (Lipinski definition) is 3. The molecule has 0 aliphatic rings. The number of amides is 1. The Morgan fingerprint density at radius 2 is 1.88 bits per heavy atom. The third-order valence-electron chi connectivity index (χ3n) is 3.39. The Kier molecular flexibility index (Phi) is 5.71. The topological polar surface area (TPSA) is 63.2 Å². The maximum Gasteiger partial charge on any atom is 0.248 e. The Morgan fingerprint density at radius 3 is 2.54 bits per heavy atom. The number of aryl methyl sites for hydroxylation is 1. The monoisotopic (exact) mass is 341 g/mol. The number of anilines is 1. The van der Waals surface area contributed by atoms with E-state index in [1.807, 2.05) is 30.3 Å². The zero-order valence-electron chi connectivity index (χ0n) is 13.4. The third kappa shape index (κ3) is 4.67. The predicted octanol–water partition coefficient (Wildman–Crippen LogP) is 3.61. The van der Waals surface area contributed by atoms with E-state index in [2.05, 4.69) is 11.9 Å². The molecular formula is C19H19NO3S. The molecule has 2 aromatic carbocycles. The van der Waals surface area contributed by atoms with Crippen LogP contribution in [0.1, 0.15) is 11.1 Å². The van der Waals surface area contributed by atoms with Gasteiger partial charge in [0.1, 0.15) is 0 Å². The maximum atomic E-state index is 12.1. The van der Waals surface area contributed by atoms with Gasteiger partial charge in [0.2, 0.25) is 5.91 Å². The molecule has 0 fully saturated rings. The lowest BCUT2D eigenvalue weighted by Crippen LogP contribution is -2.11. The van der Waals surface area contributed by atoms with E-state index >= 15 is 0 Å². The van der Waals surface area contributed by atoms with Crippen molar-refractivity contribution < 1.29 is 13.2 Å². The van der Waals surface area contributed by atoms with E-state index in [4.69, 9.17) is 0 Å². The van der Waals surface area contributed by atoms with Gasteiger partial charge in [0, 0.05) is 11.8 Å². The summed E-state index contributed by atoms with van der Waals surface area (Å²) in [6.07, 6.45) is 4.46. The minimum atomic E-state index is -3.43. The standard InChI is InChI=1S/C19H19NO3S/c1-3-13-24(22,23)17-11-9-15(2)18(14-17)20-19(21)12-10-16-7-5-4-6-8-16/h3-12,14H,1,13H2,2H3,(H,20,21)/b12-10+. The number of carbonyl (C=O) groups is 1. The van der Waals surface area contributed by atoms with E-state index in [1.165, 1.54) is 24.3 Å². The van der Waals surface area contributed by atoms with Gasteiger partial charge >= 0.3 is 0 Å². The highest BCUT2D eigenvalue weighted by molar-refractivity contribution is 7.91.